The first-order valence-electron chi connectivity index (χ1n) is 9.14. The van der Waals surface area contributed by atoms with Crippen LogP contribution >= 0.6 is 0 Å². The number of carbonyl (C=O) groups excluding carboxylic acids is 3. The van der Waals surface area contributed by atoms with Crippen LogP contribution < -0.4 is 5.32 Å². The van der Waals surface area contributed by atoms with Crippen LogP contribution in [0.2, 0.25) is 0 Å². The van der Waals surface area contributed by atoms with Gasteiger partial charge in [0.25, 0.3) is 22.0 Å². The molecule has 152 valence electrons. The van der Waals surface area contributed by atoms with E-state index in [2.05, 4.69) is 5.32 Å². The zero-order valence-corrected chi connectivity index (χ0v) is 16.7. The lowest BCUT2D eigenvalue weighted by atomic mass is 10.1. The van der Waals surface area contributed by atoms with Crippen molar-refractivity contribution in [3.8, 4) is 0 Å². The van der Waals surface area contributed by atoms with E-state index in [-0.39, 0.29) is 36.7 Å². The van der Waals surface area contributed by atoms with Gasteiger partial charge in [0.2, 0.25) is 5.91 Å². The standard InChI is InChI=1S/C18H24N4O5S/c1-20(2)28(26,27)21-10-7-13(8-11-21)19-16(23)9-12-22-17(24)14-5-3-4-6-15(14)18(22)25/h3-6,13H,7-12H2,1-2H3,(H,19,23). The molecule has 0 bridgehead atoms. The minimum atomic E-state index is -3.44. The number of piperidine rings is 1. The Hall–Kier alpha value is -2.30. The molecule has 9 nitrogen and oxygen atoms in total. The number of hydrogen-bond acceptors (Lipinski definition) is 5. The van der Waals surface area contributed by atoms with Crippen LogP contribution in [0.15, 0.2) is 24.3 Å². The Morgan fingerprint density at radius 1 is 1.11 bits per heavy atom. The van der Waals surface area contributed by atoms with Crippen molar-refractivity contribution in [2.45, 2.75) is 25.3 Å². The molecule has 1 N–H and O–H groups in total. The average molecular weight is 408 g/mol. The Morgan fingerprint density at radius 2 is 1.64 bits per heavy atom. The molecule has 3 amide bonds. The van der Waals surface area contributed by atoms with Gasteiger partial charge in [-0.05, 0) is 25.0 Å². The van der Waals surface area contributed by atoms with Gasteiger partial charge in [-0.3, -0.25) is 19.3 Å². The normalized spacial score (nSPS) is 18.6. The highest BCUT2D eigenvalue weighted by Crippen LogP contribution is 2.22. The lowest BCUT2D eigenvalue weighted by Crippen LogP contribution is -2.49. The molecule has 0 saturated carbocycles. The van der Waals surface area contributed by atoms with Crippen molar-refractivity contribution in [2.24, 2.45) is 0 Å². The van der Waals surface area contributed by atoms with Gasteiger partial charge in [-0.2, -0.15) is 17.0 Å². The first-order valence-corrected chi connectivity index (χ1v) is 10.5. The zero-order valence-electron chi connectivity index (χ0n) is 15.9. The van der Waals surface area contributed by atoms with Crippen LogP contribution in [0.1, 0.15) is 40.0 Å². The summed E-state index contributed by atoms with van der Waals surface area (Å²) in [5, 5.41) is 2.87. The van der Waals surface area contributed by atoms with E-state index in [9.17, 15) is 22.8 Å². The summed E-state index contributed by atoms with van der Waals surface area (Å²) < 4.78 is 26.8. The molecule has 0 aliphatic carbocycles. The summed E-state index contributed by atoms with van der Waals surface area (Å²) in [5.41, 5.74) is 0.727. The van der Waals surface area contributed by atoms with E-state index in [1.54, 1.807) is 24.3 Å². The fraction of sp³-hybridized carbons (Fsp3) is 0.500. The summed E-state index contributed by atoms with van der Waals surface area (Å²) in [6.07, 6.45) is 1.05. The molecule has 1 fully saturated rings. The molecule has 0 radical (unpaired) electrons. The maximum Gasteiger partial charge on any atom is 0.281 e. The fourth-order valence-electron chi connectivity index (χ4n) is 3.42. The number of carbonyl (C=O) groups is 3. The molecule has 1 aromatic rings. The number of nitrogens with zero attached hydrogens (tertiary/aromatic N) is 3. The van der Waals surface area contributed by atoms with Crippen LogP contribution in [0.5, 0.6) is 0 Å². The Kier molecular flexibility index (Phi) is 5.82. The molecule has 0 aromatic heterocycles. The second-order valence-electron chi connectivity index (χ2n) is 7.09. The van der Waals surface area contributed by atoms with E-state index >= 15 is 0 Å². The van der Waals surface area contributed by atoms with Gasteiger partial charge in [-0.15, -0.1) is 0 Å². The molecule has 2 aliphatic heterocycles. The Bertz CT molecular complexity index is 856. The van der Waals surface area contributed by atoms with E-state index in [0.717, 1.165) is 4.90 Å². The first-order chi connectivity index (χ1) is 13.2. The molecule has 28 heavy (non-hydrogen) atoms. The topological polar surface area (TPSA) is 107 Å². The molecule has 1 aromatic carbocycles. The predicted octanol–water partition coefficient (Wildman–Crippen LogP) is 0.0597. The smallest absolute Gasteiger partial charge is 0.281 e. The van der Waals surface area contributed by atoms with Crippen LogP contribution in [0.25, 0.3) is 0 Å². The van der Waals surface area contributed by atoms with Gasteiger partial charge in [0.05, 0.1) is 11.1 Å². The third-order valence-electron chi connectivity index (χ3n) is 5.05. The maximum atomic E-state index is 12.3. The van der Waals surface area contributed by atoms with E-state index in [1.807, 2.05) is 0 Å². The quantitative estimate of drug-likeness (QED) is 0.670. The molecule has 2 aliphatic rings. The zero-order chi connectivity index (χ0) is 20.5. The average Bonchev–Trinajstić information content (AvgIpc) is 2.91. The number of amides is 3. The SMILES string of the molecule is CN(C)S(=O)(=O)N1CCC(NC(=O)CCN2C(=O)c3ccccc3C2=O)CC1. The van der Waals surface area contributed by atoms with Gasteiger partial charge < -0.3 is 5.32 Å². The van der Waals surface area contributed by atoms with Crippen molar-refractivity contribution in [3.05, 3.63) is 35.4 Å². The Labute approximate surface area is 164 Å². The molecular weight excluding hydrogens is 384 g/mol. The molecule has 0 atom stereocenters. The lowest BCUT2D eigenvalue weighted by Gasteiger charge is -2.33. The molecule has 3 rings (SSSR count). The molecule has 0 unspecified atom stereocenters. The van der Waals surface area contributed by atoms with Gasteiger partial charge in [-0.1, -0.05) is 12.1 Å². The molecular formula is C18H24N4O5S. The van der Waals surface area contributed by atoms with Crippen LogP contribution in [0, 0.1) is 0 Å². The van der Waals surface area contributed by atoms with E-state index < -0.39 is 10.2 Å². The molecule has 10 heteroatoms. The highest BCUT2D eigenvalue weighted by molar-refractivity contribution is 7.86. The van der Waals surface area contributed by atoms with Crippen LogP contribution in [0.3, 0.4) is 0 Å². The number of hydrogen-bond donors (Lipinski definition) is 1. The predicted molar refractivity (Wildman–Crippen MR) is 102 cm³/mol. The summed E-state index contributed by atoms with van der Waals surface area (Å²) in [6, 6.07) is 6.48. The minimum absolute atomic E-state index is 0.0156. The molecule has 0 spiro atoms. The molecule has 2 heterocycles. The second-order valence-corrected chi connectivity index (χ2v) is 9.23. The van der Waals surface area contributed by atoms with E-state index in [1.165, 1.54) is 22.7 Å². The van der Waals surface area contributed by atoms with Crippen molar-refractivity contribution in [2.75, 3.05) is 33.7 Å². The third-order valence-corrected chi connectivity index (χ3v) is 6.99. The summed E-state index contributed by atoms with van der Waals surface area (Å²) >= 11 is 0. The summed E-state index contributed by atoms with van der Waals surface area (Å²) in [5.74, 6) is -1.02. The second kappa shape index (κ2) is 7.98. The fourth-order valence-corrected chi connectivity index (χ4v) is 4.55. The minimum Gasteiger partial charge on any atom is -0.353 e. The molecule has 1 saturated heterocycles. The monoisotopic (exact) mass is 408 g/mol. The van der Waals surface area contributed by atoms with Crippen molar-refractivity contribution in [3.63, 3.8) is 0 Å². The van der Waals surface area contributed by atoms with Crippen molar-refractivity contribution < 1.29 is 22.8 Å². The Balaban J connectivity index is 1.48. The van der Waals surface area contributed by atoms with Crippen LogP contribution in [0.4, 0.5) is 0 Å². The highest BCUT2D eigenvalue weighted by Gasteiger charge is 2.35. The van der Waals surface area contributed by atoms with Crippen molar-refractivity contribution in [1.29, 1.82) is 0 Å². The largest absolute Gasteiger partial charge is 0.353 e. The lowest BCUT2D eigenvalue weighted by molar-refractivity contribution is -0.122. The van der Waals surface area contributed by atoms with Crippen molar-refractivity contribution in [1.82, 2.24) is 18.8 Å². The highest BCUT2D eigenvalue weighted by atomic mass is 32.2. The number of benzene rings is 1. The van der Waals surface area contributed by atoms with E-state index in [4.69, 9.17) is 0 Å². The summed E-state index contributed by atoms with van der Waals surface area (Å²) in [6.45, 7) is 0.694. The van der Waals surface area contributed by atoms with E-state index in [0.29, 0.717) is 37.1 Å². The van der Waals surface area contributed by atoms with Crippen LogP contribution in [-0.2, 0) is 15.0 Å². The van der Waals surface area contributed by atoms with Gasteiger partial charge >= 0.3 is 0 Å². The Morgan fingerprint density at radius 3 is 2.14 bits per heavy atom. The van der Waals surface area contributed by atoms with Gasteiger partial charge in [-0.25, -0.2) is 0 Å². The third kappa shape index (κ3) is 3.94. The number of rotatable bonds is 6. The number of fused-ring (bicyclic) bond motifs is 1. The number of imide groups is 1. The van der Waals surface area contributed by atoms with Crippen LogP contribution in [-0.4, -0.2) is 79.4 Å². The summed E-state index contributed by atoms with van der Waals surface area (Å²) in [4.78, 5) is 37.9. The van der Waals surface area contributed by atoms with Gasteiger partial charge in [0.1, 0.15) is 0 Å². The van der Waals surface area contributed by atoms with Gasteiger partial charge in [0, 0.05) is 46.2 Å². The van der Waals surface area contributed by atoms with Crippen molar-refractivity contribution >= 4 is 27.9 Å². The summed E-state index contributed by atoms with van der Waals surface area (Å²) in [7, 11) is -0.462. The maximum absolute atomic E-state index is 12.3. The first kappa shape index (κ1) is 20.4. The van der Waals surface area contributed by atoms with Gasteiger partial charge in [0.15, 0.2) is 0 Å². The number of nitrogens with one attached hydrogen (secondary N) is 1.